The number of carbonyl (C=O) groups is 1. The number of carbonyl (C=O) groups excluding carboxylic acids is 1. The highest BCUT2D eigenvalue weighted by molar-refractivity contribution is 7.95. The molecule has 1 amide bonds. The average Bonchev–Trinajstić information content (AvgIpc) is 3.08. The normalized spacial score (nSPS) is 15.1. The van der Waals surface area contributed by atoms with Gasteiger partial charge in [-0.05, 0) is 53.6 Å². The standard InChI is InChI=1S/C18H12Cl4O2S.C2H6.CH3NO/c1-10-4-15(9-16(10)11-5-13(20)7-14(21)6-11)25(23,24)18-8-12(19)2-3-17(18)22;1-2;2-1-3/h2-10H,1H3;1-2H3;1H,(H2,2,3). The second-order valence-electron chi connectivity index (χ2n) is 5.83. The van der Waals surface area contributed by atoms with E-state index in [4.69, 9.17) is 51.2 Å². The molecule has 1 aliphatic rings. The number of nitrogens with two attached hydrogens (primary N) is 1. The van der Waals surface area contributed by atoms with Gasteiger partial charge in [0.1, 0.15) is 0 Å². The molecule has 0 saturated carbocycles. The number of benzene rings is 2. The molecule has 2 aromatic rings. The van der Waals surface area contributed by atoms with Crippen molar-refractivity contribution in [1.29, 1.82) is 0 Å². The number of hydrogen-bond donors (Lipinski definition) is 1. The number of sulfone groups is 1. The van der Waals surface area contributed by atoms with Gasteiger partial charge in [0.05, 0.1) is 14.8 Å². The second-order valence-corrected chi connectivity index (χ2v) is 9.46. The number of amides is 1. The first kappa shape index (κ1) is 26.5. The fourth-order valence-electron chi connectivity index (χ4n) is 2.71. The Kier molecular flexibility index (Phi) is 10.4. The molecule has 0 fully saturated rings. The molecule has 0 bridgehead atoms. The molecule has 2 aromatic carbocycles. The Labute approximate surface area is 197 Å². The summed E-state index contributed by atoms with van der Waals surface area (Å²) in [6, 6.07) is 9.51. The highest BCUT2D eigenvalue weighted by atomic mass is 35.5. The highest BCUT2D eigenvalue weighted by Gasteiger charge is 2.28. The Balaban J connectivity index is 0.000000826. The maximum Gasteiger partial charge on any atom is 0.207 e. The van der Waals surface area contributed by atoms with Crippen molar-refractivity contribution in [1.82, 2.24) is 0 Å². The monoisotopic (exact) mass is 507 g/mol. The molecule has 0 saturated heterocycles. The van der Waals surface area contributed by atoms with Gasteiger partial charge >= 0.3 is 0 Å². The van der Waals surface area contributed by atoms with E-state index in [1.807, 2.05) is 20.8 Å². The van der Waals surface area contributed by atoms with Crippen LogP contribution in [-0.4, -0.2) is 14.8 Å². The maximum absolute atomic E-state index is 13.0. The van der Waals surface area contributed by atoms with Crippen LogP contribution in [0.4, 0.5) is 0 Å². The predicted molar refractivity (Wildman–Crippen MR) is 127 cm³/mol. The Bertz CT molecular complexity index is 1060. The van der Waals surface area contributed by atoms with Crippen molar-refractivity contribution in [3.63, 3.8) is 0 Å². The molecule has 0 spiro atoms. The first-order valence-electron chi connectivity index (χ1n) is 8.85. The molecule has 4 nitrogen and oxygen atoms in total. The highest BCUT2D eigenvalue weighted by Crippen LogP contribution is 2.39. The summed E-state index contributed by atoms with van der Waals surface area (Å²) in [4.78, 5) is 8.75. The third kappa shape index (κ3) is 6.50. The molecule has 1 unspecified atom stereocenters. The van der Waals surface area contributed by atoms with Crippen LogP contribution in [0.3, 0.4) is 0 Å². The zero-order valence-electron chi connectivity index (χ0n) is 16.5. The van der Waals surface area contributed by atoms with Crippen molar-refractivity contribution in [2.24, 2.45) is 11.7 Å². The minimum atomic E-state index is -3.78. The van der Waals surface area contributed by atoms with E-state index in [1.54, 1.807) is 36.4 Å². The molecule has 9 heteroatoms. The second kappa shape index (κ2) is 11.8. The number of primary amides is 1. The van der Waals surface area contributed by atoms with Gasteiger partial charge in [0.15, 0.2) is 0 Å². The molecule has 1 aliphatic carbocycles. The van der Waals surface area contributed by atoms with Crippen LogP contribution in [0, 0.1) is 5.92 Å². The van der Waals surface area contributed by atoms with Crippen LogP contribution in [0.25, 0.3) is 5.57 Å². The molecule has 30 heavy (non-hydrogen) atoms. The van der Waals surface area contributed by atoms with Gasteiger partial charge in [-0.2, -0.15) is 0 Å². The van der Waals surface area contributed by atoms with Gasteiger partial charge in [-0.3, -0.25) is 4.79 Å². The Morgan fingerprint density at radius 3 is 2.00 bits per heavy atom. The number of allylic oxidation sites excluding steroid dienone is 3. The Morgan fingerprint density at radius 1 is 0.933 bits per heavy atom. The fourth-order valence-corrected chi connectivity index (χ4v) is 5.42. The number of halogens is 4. The van der Waals surface area contributed by atoms with Crippen LogP contribution in [0.5, 0.6) is 0 Å². The van der Waals surface area contributed by atoms with Crippen molar-refractivity contribution in [2.45, 2.75) is 25.7 Å². The molecule has 0 aromatic heterocycles. The van der Waals surface area contributed by atoms with Crippen LogP contribution in [0.15, 0.2) is 58.4 Å². The minimum absolute atomic E-state index is 0.0123. The number of rotatable bonds is 3. The van der Waals surface area contributed by atoms with Crippen LogP contribution in [0.1, 0.15) is 26.3 Å². The summed E-state index contributed by atoms with van der Waals surface area (Å²) >= 11 is 24.1. The SMILES string of the molecule is CC.CC1C=C(S(=O)(=O)c2cc(Cl)ccc2Cl)C=C1c1cc(Cl)cc(Cl)c1.NC=O. The summed E-state index contributed by atoms with van der Waals surface area (Å²) in [6.45, 7) is 5.91. The molecular formula is C21H21Cl4NO3S. The van der Waals surface area contributed by atoms with Gasteiger partial charge < -0.3 is 5.73 Å². The van der Waals surface area contributed by atoms with E-state index in [1.165, 1.54) is 12.1 Å². The van der Waals surface area contributed by atoms with Crippen molar-refractivity contribution in [3.05, 3.63) is 79.1 Å². The van der Waals surface area contributed by atoms with E-state index in [2.05, 4.69) is 5.73 Å². The van der Waals surface area contributed by atoms with E-state index in [0.717, 1.165) is 11.1 Å². The summed E-state index contributed by atoms with van der Waals surface area (Å²) in [5, 5.41) is 1.42. The Hall–Kier alpha value is -1.50. The lowest BCUT2D eigenvalue weighted by Gasteiger charge is -2.09. The van der Waals surface area contributed by atoms with E-state index < -0.39 is 9.84 Å². The summed E-state index contributed by atoms with van der Waals surface area (Å²) in [5.41, 5.74) is 5.77. The molecule has 162 valence electrons. The average molecular weight is 509 g/mol. The smallest absolute Gasteiger partial charge is 0.207 e. The van der Waals surface area contributed by atoms with E-state index in [0.29, 0.717) is 15.1 Å². The third-order valence-electron chi connectivity index (χ3n) is 3.89. The van der Waals surface area contributed by atoms with Gasteiger partial charge in [-0.15, -0.1) is 0 Å². The zero-order chi connectivity index (χ0) is 23.1. The van der Waals surface area contributed by atoms with Gasteiger partial charge in [0.25, 0.3) is 0 Å². The van der Waals surface area contributed by atoms with Crippen molar-refractivity contribution in [2.75, 3.05) is 0 Å². The number of hydrogen-bond acceptors (Lipinski definition) is 3. The summed E-state index contributed by atoms with van der Waals surface area (Å²) < 4.78 is 25.9. The molecular weight excluding hydrogens is 488 g/mol. The third-order valence-corrected chi connectivity index (χ3v) is 6.80. The quantitative estimate of drug-likeness (QED) is 0.462. The van der Waals surface area contributed by atoms with Gasteiger partial charge in [0.2, 0.25) is 16.2 Å². The lowest BCUT2D eigenvalue weighted by molar-refractivity contribution is -0.106. The van der Waals surface area contributed by atoms with E-state index in [-0.39, 0.29) is 27.2 Å². The lowest BCUT2D eigenvalue weighted by Crippen LogP contribution is -2.03. The molecule has 0 aliphatic heterocycles. The molecule has 0 heterocycles. The van der Waals surface area contributed by atoms with Crippen LogP contribution >= 0.6 is 46.4 Å². The van der Waals surface area contributed by atoms with Crippen LogP contribution < -0.4 is 5.73 Å². The fraction of sp³-hybridized carbons (Fsp3) is 0.190. The van der Waals surface area contributed by atoms with Crippen LogP contribution in [-0.2, 0) is 14.6 Å². The lowest BCUT2D eigenvalue weighted by atomic mass is 9.97. The van der Waals surface area contributed by atoms with Crippen molar-refractivity contribution in [3.8, 4) is 0 Å². The largest absolute Gasteiger partial charge is 0.372 e. The van der Waals surface area contributed by atoms with Crippen molar-refractivity contribution < 1.29 is 13.2 Å². The summed E-state index contributed by atoms with van der Waals surface area (Å²) in [7, 11) is -3.78. The molecule has 3 rings (SSSR count). The maximum atomic E-state index is 13.0. The predicted octanol–water partition coefficient (Wildman–Crippen LogP) is 6.82. The molecule has 2 N–H and O–H groups in total. The van der Waals surface area contributed by atoms with E-state index in [9.17, 15) is 8.42 Å². The van der Waals surface area contributed by atoms with Crippen LogP contribution in [0.2, 0.25) is 20.1 Å². The topological polar surface area (TPSA) is 77.2 Å². The minimum Gasteiger partial charge on any atom is -0.372 e. The van der Waals surface area contributed by atoms with Gasteiger partial charge in [-0.25, -0.2) is 8.42 Å². The first-order chi connectivity index (χ1) is 14.1. The van der Waals surface area contributed by atoms with Gasteiger partial charge in [-0.1, -0.05) is 73.3 Å². The Morgan fingerprint density at radius 2 is 1.47 bits per heavy atom. The first-order valence-corrected chi connectivity index (χ1v) is 11.8. The summed E-state index contributed by atoms with van der Waals surface area (Å²) in [5.74, 6) is -0.114. The summed E-state index contributed by atoms with van der Waals surface area (Å²) in [6.07, 6.45) is 3.55. The van der Waals surface area contributed by atoms with Crippen molar-refractivity contribution >= 4 is 68.2 Å². The van der Waals surface area contributed by atoms with Gasteiger partial charge in [0, 0.05) is 21.0 Å². The molecule has 0 radical (unpaired) electrons. The zero-order valence-corrected chi connectivity index (χ0v) is 20.3. The molecule has 1 atom stereocenters. The van der Waals surface area contributed by atoms with E-state index >= 15 is 0 Å².